The highest BCUT2D eigenvalue weighted by molar-refractivity contribution is 5.80. The fraction of sp³-hybridized carbons (Fsp3) is 0.625. The number of aryl methyl sites for hydroxylation is 1. The number of hydrogen-bond donors (Lipinski definition) is 2. The summed E-state index contributed by atoms with van der Waals surface area (Å²) in [4.78, 5) is 18.2. The molecule has 1 aromatic rings. The first-order valence-electron chi connectivity index (χ1n) is 7.62. The number of aromatic nitrogens is 1. The molecule has 1 amide bonds. The number of pyridine rings is 1. The molecular weight excluding hydrogens is 264 g/mol. The summed E-state index contributed by atoms with van der Waals surface area (Å²) >= 11 is 0. The maximum Gasteiger partial charge on any atom is 0.239 e. The van der Waals surface area contributed by atoms with Crippen molar-refractivity contribution in [1.82, 2.24) is 15.6 Å². The molecule has 21 heavy (non-hydrogen) atoms. The van der Waals surface area contributed by atoms with Crippen LogP contribution in [0.2, 0.25) is 0 Å². The SMILES string of the molecule is CCCN(CC(=O)NC)c1ncc(CNC(C)C)cc1C. The van der Waals surface area contributed by atoms with Crippen molar-refractivity contribution in [3.05, 3.63) is 23.4 Å². The van der Waals surface area contributed by atoms with Crippen LogP contribution in [0.3, 0.4) is 0 Å². The molecule has 0 saturated heterocycles. The molecule has 0 atom stereocenters. The van der Waals surface area contributed by atoms with Gasteiger partial charge in [0.25, 0.3) is 0 Å². The van der Waals surface area contributed by atoms with Gasteiger partial charge in [0.2, 0.25) is 5.91 Å². The molecule has 5 heteroatoms. The lowest BCUT2D eigenvalue weighted by Crippen LogP contribution is -2.37. The number of nitrogens with zero attached hydrogens (tertiary/aromatic N) is 2. The van der Waals surface area contributed by atoms with Gasteiger partial charge in [-0.1, -0.05) is 20.8 Å². The molecular formula is C16H28N4O. The van der Waals surface area contributed by atoms with Gasteiger partial charge in [0.05, 0.1) is 6.54 Å². The molecule has 5 nitrogen and oxygen atoms in total. The molecule has 1 heterocycles. The first-order valence-corrected chi connectivity index (χ1v) is 7.62. The lowest BCUT2D eigenvalue weighted by atomic mass is 10.2. The van der Waals surface area contributed by atoms with Crippen LogP contribution >= 0.6 is 0 Å². The third kappa shape index (κ3) is 5.71. The van der Waals surface area contributed by atoms with E-state index in [4.69, 9.17) is 0 Å². The number of hydrogen-bond acceptors (Lipinski definition) is 4. The summed E-state index contributed by atoms with van der Waals surface area (Å²) in [7, 11) is 1.66. The number of rotatable bonds is 8. The van der Waals surface area contributed by atoms with E-state index in [2.05, 4.69) is 42.5 Å². The van der Waals surface area contributed by atoms with Crippen LogP contribution in [0.15, 0.2) is 12.3 Å². The fourth-order valence-corrected chi connectivity index (χ4v) is 2.16. The Morgan fingerprint density at radius 1 is 1.43 bits per heavy atom. The summed E-state index contributed by atoms with van der Waals surface area (Å²) in [6.07, 6.45) is 2.87. The Bertz CT molecular complexity index is 460. The van der Waals surface area contributed by atoms with Crippen LogP contribution in [0.1, 0.15) is 38.3 Å². The number of carbonyl (C=O) groups is 1. The van der Waals surface area contributed by atoms with E-state index >= 15 is 0 Å². The highest BCUT2D eigenvalue weighted by atomic mass is 16.1. The molecule has 118 valence electrons. The highest BCUT2D eigenvalue weighted by Crippen LogP contribution is 2.18. The molecule has 2 N–H and O–H groups in total. The number of nitrogens with one attached hydrogen (secondary N) is 2. The molecule has 0 unspecified atom stereocenters. The second kappa shape index (κ2) is 8.62. The van der Waals surface area contributed by atoms with Gasteiger partial charge in [-0.25, -0.2) is 4.98 Å². The van der Waals surface area contributed by atoms with E-state index in [1.807, 2.05) is 18.0 Å². The zero-order valence-electron chi connectivity index (χ0n) is 13.9. The molecule has 0 aliphatic heterocycles. The van der Waals surface area contributed by atoms with Gasteiger partial charge in [0.1, 0.15) is 5.82 Å². The van der Waals surface area contributed by atoms with E-state index in [-0.39, 0.29) is 5.91 Å². The Labute approximate surface area is 128 Å². The van der Waals surface area contributed by atoms with Crippen molar-refractivity contribution in [2.75, 3.05) is 25.0 Å². The van der Waals surface area contributed by atoms with E-state index in [1.165, 1.54) is 5.56 Å². The largest absolute Gasteiger partial charge is 0.358 e. The van der Waals surface area contributed by atoms with Gasteiger partial charge >= 0.3 is 0 Å². The first-order chi connectivity index (χ1) is 9.97. The zero-order chi connectivity index (χ0) is 15.8. The Hall–Kier alpha value is -1.62. The number of likely N-dealkylation sites (N-methyl/N-ethyl adjacent to an activating group) is 1. The molecule has 0 aliphatic carbocycles. The summed E-state index contributed by atoms with van der Waals surface area (Å²) in [5.74, 6) is 0.906. The van der Waals surface area contributed by atoms with Crippen LogP contribution in [-0.2, 0) is 11.3 Å². The fourth-order valence-electron chi connectivity index (χ4n) is 2.16. The average Bonchev–Trinajstić information content (AvgIpc) is 2.44. The molecule has 0 saturated carbocycles. The maximum atomic E-state index is 11.6. The van der Waals surface area contributed by atoms with Gasteiger partial charge in [-0.3, -0.25) is 4.79 Å². The van der Waals surface area contributed by atoms with Crippen molar-refractivity contribution < 1.29 is 4.79 Å². The van der Waals surface area contributed by atoms with Crippen molar-refractivity contribution in [3.8, 4) is 0 Å². The minimum Gasteiger partial charge on any atom is -0.358 e. The Kier molecular flexibility index (Phi) is 7.15. The maximum absolute atomic E-state index is 11.6. The third-order valence-electron chi connectivity index (χ3n) is 3.23. The van der Waals surface area contributed by atoms with Crippen molar-refractivity contribution >= 4 is 11.7 Å². The van der Waals surface area contributed by atoms with Gasteiger partial charge in [-0.2, -0.15) is 0 Å². The predicted octanol–water partition coefficient (Wildman–Crippen LogP) is 1.85. The molecule has 0 aliphatic rings. The molecule has 1 rings (SSSR count). The van der Waals surface area contributed by atoms with Crippen molar-refractivity contribution in [2.24, 2.45) is 0 Å². The van der Waals surface area contributed by atoms with E-state index in [0.717, 1.165) is 30.9 Å². The number of carbonyl (C=O) groups excluding carboxylic acids is 1. The van der Waals surface area contributed by atoms with Crippen molar-refractivity contribution in [3.63, 3.8) is 0 Å². The Morgan fingerprint density at radius 3 is 2.67 bits per heavy atom. The Balaban J connectivity index is 2.86. The molecule has 0 aromatic carbocycles. The van der Waals surface area contributed by atoms with Crippen LogP contribution in [0.4, 0.5) is 5.82 Å². The normalized spacial score (nSPS) is 10.8. The second-order valence-corrected chi connectivity index (χ2v) is 5.61. The molecule has 0 bridgehead atoms. The van der Waals surface area contributed by atoms with Gasteiger partial charge in [0, 0.05) is 32.4 Å². The van der Waals surface area contributed by atoms with Crippen LogP contribution in [0, 0.1) is 6.92 Å². The lowest BCUT2D eigenvalue weighted by Gasteiger charge is -2.24. The van der Waals surface area contributed by atoms with Gasteiger partial charge in [-0.15, -0.1) is 0 Å². The monoisotopic (exact) mass is 292 g/mol. The molecule has 0 spiro atoms. The van der Waals surface area contributed by atoms with Crippen LogP contribution in [0.5, 0.6) is 0 Å². The standard InChI is InChI=1S/C16H28N4O/c1-6-7-20(11-15(21)17-5)16-13(4)8-14(10-19-16)9-18-12(2)3/h8,10,12,18H,6-7,9,11H2,1-5H3,(H,17,21). The second-order valence-electron chi connectivity index (χ2n) is 5.61. The van der Waals surface area contributed by atoms with Crippen LogP contribution in [0.25, 0.3) is 0 Å². The summed E-state index contributed by atoms with van der Waals surface area (Å²) in [6, 6.07) is 2.60. The molecule has 0 fully saturated rings. The van der Waals surface area contributed by atoms with E-state index in [0.29, 0.717) is 12.6 Å². The van der Waals surface area contributed by atoms with Gasteiger partial charge in [-0.05, 0) is 30.5 Å². The zero-order valence-corrected chi connectivity index (χ0v) is 13.9. The summed E-state index contributed by atoms with van der Waals surface area (Å²) < 4.78 is 0. The van der Waals surface area contributed by atoms with E-state index < -0.39 is 0 Å². The quantitative estimate of drug-likeness (QED) is 0.768. The van der Waals surface area contributed by atoms with Gasteiger partial charge in [0.15, 0.2) is 0 Å². The van der Waals surface area contributed by atoms with Crippen molar-refractivity contribution in [2.45, 2.75) is 46.7 Å². The minimum atomic E-state index is 0.00945. The van der Waals surface area contributed by atoms with E-state index in [1.54, 1.807) is 7.05 Å². The summed E-state index contributed by atoms with van der Waals surface area (Å²) in [6.45, 7) is 10.4. The molecule has 0 radical (unpaired) electrons. The number of amides is 1. The minimum absolute atomic E-state index is 0.00945. The van der Waals surface area contributed by atoms with Crippen molar-refractivity contribution in [1.29, 1.82) is 0 Å². The smallest absolute Gasteiger partial charge is 0.239 e. The predicted molar refractivity (Wildman–Crippen MR) is 87.5 cm³/mol. The summed E-state index contributed by atoms with van der Waals surface area (Å²) in [5, 5.41) is 6.06. The summed E-state index contributed by atoms with van der Waals surface area (Å²) in [5.41, 5.74) is 2.27. The molecule has 1 aromatic heterocycles. The van der Waals surface area contributed by atoms with Crippen LogP contribution in [-0.4, -0.2) is 37.1 Å². The van der Waals surface area contributed by atoms with E-state index in [9.17, 15) is 4.79 Å². The Morgan fingerprint density at radius 2 is 2.14 bits per heavy atom. The third-order valence-corrected chi connectivity index (χ3v) is 3.23. The first kappa shape index (κ1) is 17.4. The average molecular weight is 292 g/mol. The highest BCUT2D eigenvalue weighted by Gasteiger charge is 2.13. The van der Waals surface area contributed by atoms with Crippen LogP contribution < -0.4 is 15.5 Å². The van der Waals surface area contributed by atoms with Gasteiger partial charge < -0.3 is 15.5 Å². The number of anilines is 1. The lowest BCUT2D eigenvalue weighted by molar-refractivity contribution is -0.119. The topological polar surface area (TPSA) is 57.3 Å².